The van der Waals surface area contributed by atoms with Crippen molar-refractivity contribution in [3.05, 3.63) is 60.2 Å². The molecule has 1 unspecified atom stereocenters. The maximum Gasteiger partial charge on any atom is 0.739 e. The first-order chi connectivity index (χ1) is 13.4. The average Bonchev–Trinajstić information content (AvgIpc) is 2.66. The van der Waals surface area contributed by atoms with Gasteiger partial charge in [0.2, 0.25) is 0 Å². The monoisotopic (exact) mass is 388 g/mol. The minimum absolute atomic E-state index is 0.403. The van der Waals surface area contributed by atoms with Crippen molar-refractivity contribution in [1.82, 2.24) is 9.80 Å². The minimum Gasteiger partial charge on any atom is -0.511 e. The number of benzene rings is 2. The van der Waals surface area contributed by atoms with Crippen molar-refractivity contribution in [3.63, 3.8) is 0 Å². The van der Waals surface area contributed by atoms with Crippen LogP contribution in [0.25, 0.3) is 0 Å². The van der Waals surface area contributed by atoms with E-state index in [1.54, 1.807) is 24.3 Å². The predicted molar refractivity (Wildman–Crippen MR) is 109 cm³/mol. The molecule has 0 aliphatic heterocycles. The fourth-order valence-corrected chi connectivity index (χ4v) is 2.40. The van der Waals surface area contributed by atoms with Crippen molar-refractivity contribution in [2.24, 2.45) is 0 Å². The van der Waals surface area contributed by atoms with E-state index in [1.165, 1.54) is 0 Å². The Hall–Kier alpha value is -2.10. The molecule has 0 amide bonds. The van der Waals surface area contributed by atoms with Gasteiger partial charge < -0.3 is 24.2 Å². The lowest BCUT2D eigenvalue weighted by Gasteiger charge is -2.21. The first-order valence-electron chi connectivity index (χ1n) is 9.18. The van der Waals surface area contributed by atoms with Crippen molar-refractivity contribution < 1.29 is 24.1 Å². The zero-order valence-corrected chi connectivity index (χ0v) is 16.9. The molecule has 0 radical (unpaired) electrons. The van der Waals surface area contributed by atoms with Crippen LogP contribution in [0.15, 0.2) is 54.6 Å². The lowest BCUT2D eigenvalue weighted by molar-refractivity contribution is -0.273. The van der Waals surface area contributed by atoms with Gasteiger partial charge in [-0.15, -0.1) is 0 Å². The number of hydrogen-bond acceptors (Lipinski definition) is 7. The van der Waals surface area contributed by atoms with Crippen LogP contribution in [0.5, 0.6) is 11.5 Å². The van der Waals surface area contributed by atoms with E-state index in [4.69, 9.17) is 19.1 Å². The van der Waals surface area contributed by atoms with Gasteiger partial charge in [0.05, 0.1) is 0 Å². The highest BCUT2D eigenvalue weighted by molar-refractivity contribution is 6.35. The van der Waals surface area contributed by atoms with Crippen LogP contribution >= 0.6 is 0 Å². The van der Waals surface area contributed by atoms with E-state index in [0.717, 1.165) is 17.9 Å². The summed E-state index contributed by atoms with van der Waals surface area (Å²) in [6.45, 7) is 2.04. The molecule has 0 fully saturated rings. The van der Waals surface area contributed by atoms with Crippen LogP contribution in [0.1, 0.15) is 11.7 Å². The molecule has 0 aliphatic carbocycles. The SMILES string of the molecule is CN(C)CCOc1ccc(C(CN(C)C)OOB(O)Oc2ccccc2)cc1. The van der Waals surface area contributed by atoms with Crippen LogP contribution < -0.4 is 9.39 Å². The molecule has 2 rings (SSSR count). The Morgan fingerprint density at radius 1 is 0.893 bits per heavy atom. The molecular formula is C20H29BN2O5. The minimum atomic E-state index is -1.53. The van der Waals surface area contributed by atoms with E-state index >= 15 is 0 Å². The largest absolute Gasteiger partial charge is 0.739 e. The normalized spacial score (nSPS) is 12.2. The summed E-state index contributed by atoms with van der Waals surface area (Å²) in [6.07, 6.45) is -0.403. The summed E-state index contributed by atoms with van der Waals surface area (Å²) < 4.78 is 11.0. The van der Waals surface area contributed by atoms with Crippen LogP contribution in [0, 0.1) is 0 Å². The highest BCUT2D eigenvalue weighted by Gasteiger charge is 2.24. The number of ether oxygens (including phenoxy) is 1. The van der Waals surface area contributed by atoms with E-state index in [9.17, 15) is 5.02 Å². The molecule has 28 heavy (non-hydrogen) atoms. The Morgan fingerprint density at radius 2 is 1.57 bits per heavy atom. The van der Waals surface area contributed by atoms with Crippen LogP contribution in [0.2, 0.25) is 0 Å². The van der Waals surface area contributed by atoms with Gasteiger partial charge in [0.1, 0.15) is 24.2 Å². The third-order valence-electron chi connectivity index (χ3n) is 3.82. The third-order valence-corrected chi connectivity index (χ3v) is 3.82. The second-order valence-corrected chi connectivity index (χ2v) is 6.90. The predicted octanol–water partition coefficient (Wildman–Crippen LogP) is 2.23. The highest BCUT2D eigenvalue weighted by Crippen LogP contribution is 2.22. The van der Waals surface area contributed by atoms with Gasteiger partial charge in [0, 0.05) is 13.1 Å². The van der Waals surface area contributed by atoms with Gasteiger partial charge in [-0.25, -0.2) is 9.69 Å². The number of likely N-dealkylation sites (N-methyl/N-ethyl adjacent to an activating group) is 2. The molecule has 0 bridgehead atoms. The summed E-state index contributed by atoms with van der Waals surface area (Å²) in [7, 11) is 6.36. The topological polar surface area (TPSA) is 63.6 Å². The van der Waals surface area contributed by atoms with E-state index < -0.39 is 13.4 Å². The van der Waals surface area contributed by atoms with Crippen LogP contribution in [0.3, 0.4) is 0 Å². The van der Waals surface area contributed by atoms with E-state index in [1.807, 2.05) is 63.4 Å². The second kappa shape index (κ2) is 11.7. The molecule has 0 spiro atoms. The quantitative estimate of drug-likeness (QED) is 0.340. The molecule has 7 nitrogen and oxygen atoms in total. The van der Waals surface area contributed by atoms with Crippen molar-refractivity contribution in [2.45, 2.75) is 6.10 Å². The van der Waals surface area contributed by atoms with E-state index in [0.29, 0.717) is 18.9 Å². The zero-order chi connectivity index (χ0) is 20.4. The molecule has 0 heterocycles. The Labute approximate surface area is 167 Å². The van der Waals surface area contributed by atoms with E-state index in [-0.39, 0.29) is 0 Å². The Balaban J connectivity index is 1.91. The average molecular weight is 388 g/mol. The Kier molecular flexibility index (Phi) is 9.26. The van der Waals surface area contributed by atoms with Crippen molar-refractivity contribution >= 4 is 7.32 Å². The molecule has 0 saturated carbocycles. The van der Waals surface area contributed by atoms with Gasteiger partial charge in [-0.05, 0) is 58.0 Å². The molecular weight excluding hydrogens is 359 g/mol. The molecule has 1 N–H and O–H groups in total. The second-order valence-electron chi connectivity index (χ2n) is 6.90. The number of hydrogen-bond donors (Lipinski definition) is 1. The first-order valence-corrected chi connectivity index (χ1v) is 9.18. The maximum atomic E-state index is 9.91. The van der Waals surface area contributed by atoms with Crippen LogP contribution in [-0.4, -0.2) is 70.0 Å². The standard InChI is InChI=1S/C20H29BN2O5/c1-22(2)14-15-25-18-12-10-17(11-13-18)20(16-23(3)4)27-28-21(24)26-19-8-6-5-7-9-19/h5-13,20,24H,14-16H2,1-4H3. The molecule has 2 aromatic rings. The van der Waals surface area contributed by atoms with Crippen molar-refractivity contribution in [1.29, 1.82) is 0 Å². The van der Waals surface area contributed by atoms with Gasteiger partial charge in [-0.1, -0.05) is 30.3 Å². The lowest BCUT2D eigenvalue weighted by Crippen LogP contribution is -2.30. The summed E-state index contributed by atoms with van der Waals surface area (Å²) in [5.74, 6) is 1.28. The molecule has 0 aromatic heterocycles. The van der Waals surface area contributed by atoms with Crippen molar-refractivity contribution in [3.8, 4) is 11.5 Å². The lowest BCUT2D eigenvalue weighted by atomic mass is 10.1. The smallest absolute Gasteiger partial charge is 0.511 e. The maximum absolute atomic E-state index is 9.91. The summed E-state index contributed by atoms with van der Waals surface area (Å²) in [4.78, 5) is 14.6. The summed E-state index contributed by atoms with van der Waals surface area (Å²) in [5.41, 5.74) is 0.903. The molecule has 0 aliphatic rings. The first kappa shape index (κ1) is 22.2. The number of para-hydroxylation sites is 1. The van der Waals surface area contributed by atoms with Crippen LogP contribution in [0.4, 0.5) is 0 Å². The van der Waals surface area contributed by atoms with Gasteiger partial charge >= 0.3 is 7.32 Å². The van der Waals surface area contributed by atoms with E-state index in [2.05, 4.69) is 4.90 Å². The number of rotatable bonds is 12. The molecule has 8 heteroatoms. The molecule has 2 aromatic carbocycles. The zero-order valence-electron chi connectivity index (χ0n) is 16.9. The molecule has 152 valence electrons. The Morgan fingerprint density at radius 3 is 2.18 bits per heavy atom. The molecule has 0 saturated heterocycles. The summed E-state index contributed by atoms with van der Waals surface area (Å²) >= 11 is 0. The summed E-state index contributed by atoms with van der Waals surface area (Å²) in [6, 6.07) is 16.6. The third kappa shape index (κ3) is 8.29. The fraction of sp³-hybridized carbons (Fsp3) is 0.400. The van der Waals surface area contributed by atoms with Gasteiger partial charge in [0.15, 0.2) is 0 Å². The fourth-order valence-electron chi connectivity index (χ4n) is 2.40. The van der Waals surface area contributed by atoms with Gasteiger partial charge in [-0.3, -0.25) is 0 Å². The van der Waals surface area contributed by atoms with Gasteiger partial charge in [0.25, 0.3) is 0 Å². The summed E-state index contributed by atoms with van der Waals surface area (Å²) in [5, 5.41) is 9.91. The number of nitrogens with zero attached hydrogens (tertiary/aromatic N) is 2. The van der Waals surface area contributed by atoms with Crippen LogP contribution in [-0.2, 0) is 9.69 Å². The Bertz CT molecular complexity index is 670. The van der Waals surface area contributed by atoms with Crippen molar-refractivity contribution in [2.75, 3.05) is 47.9 Å². The highest BCUT2D eigenvalue weighted by atomic mass is 17.2. The molecule has 1 atom stereocenters. The van der Waals surface area contributed by atoms with Gasteiger partial charge in [-0.2, -0.15) is 0 Å².